The van der Waals surface area contributed by atoms with Crippen LogP contribution >= 0.6 is 0 Å². The molecular weight excluding hydrogens is 204 g/mol. The lowest BCUT2D eigenvalue weighted by Gasteiger charge is -2.36. The van der Waals surface area contributed by atoms with Crippen molar-refractivity contribution in [3.8, 4) is 0 Å². The Morgan fingerprint density at radius 1 is 1.62 bits per heavy atom. The van der Waals surface area contributed by atoms with Gasteiger partial charge in [0.15, 0.2) is 0 Å². The fraction of sp³-hybridized carbons (Fsp3) is 0.500. The van der Waals surface area contributed by atoms with E-state index < -0.39 is 5.97 Å². The summed E-state index contributed by atoms with van der Waals surface area (Å²) in [4.78, 5) is 15.1. The number of hydrogen-bond donors (Lipinski definition) is 2. The van der Waals surface area contributed by atoms with E-state index >= 15 is 0 Å². The lowest BCUT2D eigenvalue weighted by atomic mass is 9.68. The molecule has 3 N–H and O–H groups in total. The van der Waals surface area contributed by atoms with Gasteiger partial charge < -0.3 is 10.8 Å². The number of fused-ring (bicyclic) bond motifs is 1. The molecular formula is C12H16N2O2. The number of carboxylic acids is 1. The van der Waals surface area contributed by atoms with E-state index in [4.69, 9.17) is 10.8 Å². The van der Waals surface area contributed by atoms with Crippen molar-refractivity contribution in [3.63, 3.8) is 0 Å². The molecule has 4 heteroatoms. The van der Waals surface area contributed by atoms with E-state index in [0.29, 0.717) is 6.54 Å². The summed E-state index contributed by atoms with van der Waals surface area (Å²) in [7, 11) is 0. The van der Waals surface area contributed by atoms with Gasteiger partial charge in [-0.25, -0.2) is 0 Å². The van der Waals surface area contributed by atoms with E-state index in [2.05, 4.69) is 4.98 Å². The number of hydrogen-bond acceptors (Lipinski definition) is 3. The Kier molecular flexibility index (Phi) is 2.92. The highest BCUT2D eigenvalue weighted by Gasteiger charge is 2.37. The van der Waals surface area contributed by atoms with Crippen LogP contribution in [0.1, 0.15) is 30.4 Å². The van der Waals surface area contributed by atoms with Crippen molar-refractivity contribution in [1.29, 1.82) is 0 Å². The van der Waals surface area contributed by atoms with Crippen LogP contribution in [0, 0.1) is 0 Å². The van der Waals surface area contributed by atoms with E-state index in [9.17, 15) is 4.79 Å². The van der Waals surface area contributed by atoms with Crippen LogP contribution in [0.4, 0.5) is 0 Å². The van der Waals surface area contributed by atoms with Gasteiger partial charge in [-0.05, 0) is 36.5 Å². The molecule has 4 nitrogen and oxygen atoms in total. The highest BCUT2D eigenvalue weighted by Crippen LogP contribution is 2.38. The normalized spacial score (nSPS) is 23.8. The first-order chi connectivity index (χ1) is 7.68. The molecule has 1 unspecified atom stereocenters. The molecule has 0 fully saturated rings. The van der Waals surface area contributed by atoms with Crippen LogP contribution in [-0.4, -0.2) is 22.6 Å². The lowest BCUT2D eigenvalue weighted by Crippen LogP contribution is -2.40. The van der Waals surface area contributed by atoms with E-state index in [1.54, 1.807) is 6.20 Å². The number of aryl methyl sites for hydroxylation is 1. The molecule has 0 aromatic carbocycles. The number of nitrogens with zero attached hydrogens (tertiary/aromatic N) is 1. The second-order valence-corrected chi connectivity index (χ2v) is 4.44. The molecule has 0 spiro atoms. The van der Waals surface area contributed by atoms with Gasteiger partial charge in [0, 0.05) is 24.4 Å². The molecule has 0 bridgehead atoms. The van der Waals surface area contributed by atoms with E-state index in [0.717, 1.165) is 30.4 Å². The predicted octanol–water partition coefficient (Wildman–Crippen LogP) is 1.09. The van der Waals surface area contributed by atoms with Crippen LogP contribution in [-0.2, 0) is 16.6 Å². The summed E-state index contributed by atoms with van der Waals surface area (Å²) in [5.74, 6) is -0.782. The Morgan fingerprint density at radius 2 is 2.44 bits per heavy atom. The molecule has 1 aromatic rings. The fourth-order valence-corrected chi connectivity index (χ4v) is 2.65. The Balaban J connectivity index is 2.44. The van der Waals surface area contributed by atoms with E-state index in [-0.39, 0.29) is 11.8 Å². The third kappa shape index (κ3) is 1.80. The number of nitrogens with two attached hydrogens (primary N) is 1. The van der Waals surface area contributed by atoms with Crippen LogP contribution < -0.4 is 5.73 Å². The minimum absolute atomic E-state index is 0.112. The smallest absolute Gasteiger partial charge is 0.304 e. The highest BCUT2D eigenvalue weighted by molar-refractivity contribution is 5.69. The Hall–Kier alpha value is -1.42. The first-order valence-corrected chi connectivity index (χ1v) is 5.53. The minimum atomic E-state index is -0.782. The van der Waals surface area contributed by atoms with Gasteiger partial charge in [-0.15, -0.1) is 0 Å². The molecule has 0 saturated carbocycles. The van der Waals surface area contributed by atoms with Gasteiger partial charge >= 0.3 is 5.97 Å². The zero-order valence-electron chi connectivity index (χ0n) is 9.15. The number of rotatable bonds is 3. The van der Waals surface area contributed by atoms with Gasteiger partial charge in [-0.2, -0.15) is 0 Å². The molecule has 1 aliphatic rings. The largest absolute Gasteiger partial charge is 0.481 e. The Labute approximate surface area is 94.5 Å². The van der Waals surface area contributed by atoms with Crippen molar-refractivity contribution in [1.82, 2.24) is 4.98 Å². The second-order valence-electron chi connectivity index (χ2n) is 4.44. The fourth-order valence-electron chi connectivity index (χ4n) is 2.65. The molecule has 0 aliphatic heterocycles. The van der Waals surface area contributed by atoms with E-state index in [1.807, 2.05) is 12.3 Å². The van der Waals surface area contributed by atoms with Crippen molar-refractivity contribution < 1.29 is 9.90 Å². The zero-order valence-corrected chi connectivity index (χ0v) is 9.15. The number of pyridine rings is 1. The number of aliphatic carboxylic acids is 1. The molecule has 86 valence electrons. The van der Waals surface area contributed by atoms with Crippen LogP contribution in [0.3, 0.4) is 0 Å². The molecule has 0 radical (unpaired) electrons. The first-order valence-electron chi connectivity index (χ1n) is 5.53. The van der Waals surface area contributed by atoms with Crippen LogP contribution in [0.25, 0.3) is 0 Å². The standard InChI is InChI=1S/C12H16N2O2/c13-8-12(6-11(15)16)4-1-2-9-7-14-5-3-10(9)12/h3,5,7H,1-2,4,6,8,13H2,(H,15,16). The molecule has 1 atom stereocenters. The topological polar surface area (TPSA) is 76.2 Å². The summed E-state index contributed by atoms with van der Waals surface area (Å²) in [6, 6.07) is 1.92. The molecule has 1 heterocycles. The monoisotopic (exact) mass is 220 g/mol. The molecule has 0 saturated heterocycles. The van der Waals surface area contributed by atoms with Crippen molar-refractivity contribution in [3.05, 3.63) is 29.6 Å². The predicted molar refractivity (Wildman–Crippen MR) is 60.2 cm³/mol. The molecule has 0 amide bonds. The maximum atomic E-state index is 11.0. The highest BCUT2D eigenvalue weighted by atomic mass is 16.4. The van der Waals surface area contributed by atoms with Gasteiger partial charge in [0.2, 0.25) is 0 Å². The molecule has 16 heavy (non-hydrogen) atoms. The SMILES string of the molecule is NCC1(CC(=O)O)CCCc2cnccc21. The van der Waals surface area contributed by atoms with Gasteiger partial charge in [0.05, 0.1) is 6.42 Å². The maximum Gasteiger partial charge on any atom is 0.304 e. The lowest BCUT2D eigenvalue weighted by molar-refractivity contribution is -0.138. The Morgan fingerprint density at radius 3 is 3.12 bits per heavy atom. The first kappa shape index (κ1) is 11.1. The summed E-state index contributed by atoms with van der Waals surface area (Å²) < 4.78 is 0. The van der Waals surface area contributed by atoms with Gasteiger partial charge in [0.25, 0.3) is 0 Å². The van der Waals surface area contributed by atoms with Crippen molar-refractivity contribution in [2.24, 2.45) is 5.73 Å². The van der Waals surface area contributed by atoms with Gasteiger partial charge in [0.1, 0.15) is 0 Å². The third-order valence-electron chi connectivity index (χ3n) is 3.46. The van der Waals surface area contributed by atoms with E-state index in [1.165, 1.54) is 0 Å². The molecule has 2 rings (SSSR count). The summed E-state index contributed by atoms with van der Waals surface area (Å²) >= 11 is 0. The van der Waals surface area contributed by atoms with Crippen molar-refractivity contribution in [2.75, 3.05) is 6.54 Å². The van der Waals surface area contributed by atoms with Crippen molar-refractivity contribution in [2.45, 2.75) is 31.1 Å². The number of carbonyl (C=O) groups is 1. The Bertz CT molecular complexity index is 406. The van der Waals surface area contributed by atoms with Gasteiger partial charge in [-0.3, -0.25) is 9.78 Å². The second kappa shape index (κ2) is 4.22. The van der Waals surface area contributed by atoms with Crippen LogP contribution in [0.5, 0.6) is 0 Å². The molecule has 1 aromatic heterocycles. The summed E-state index contributed by atoms with van der Waals surface area (Å²) in [5.41, 5.74) is 7.67. The summed E-state index contributed by atoms with van der Waals surface area (Å²) in [6.07, 6.45) is 6.48. The summed E-state index contributed by atoms with van der Waals surface area (Å²) in [5, 5.41) is 9.02. The zero-order chi connectivity index (χ0) is 11.6. The van der Waals surface area contributed by atoms with Crippen LogP contribution in [0.2, 0.25) is 0 Å². The molecule has 1 aliphatic carbocycles. The quantitative estimate of drug-likeness (QED) is 0.799. The van der Waals surface area contributed by atoms with Gasteiger partial charge in [-0.1, -0.05) is 0 Å². The average molecular weight is 220 g/mol. The number of aromatic nitrogens is 1. The van der Waals surface area contributed by atoms with Crippen LogP contribution in [0.15, 0.2) is 18.5 Å². The average Bonchev–Trinajstić information content (AvgIpc) is 2.29. The summed E-state index contributed by atoms with van der Waals surface area (Å²) in [6.45, 7) is 0.385. The number of carboxylic acid groups (broad SMARTS) is 1. The third-order valence-corrected chi connectivity index (χ3v) is 3.46. The van der Waals surface area contributed by atoms with Crippen molar-refractivity contribution >= 4 is 5.97 Å². The maximum absolute atomic E-state index is 11.0. The minimum Gasteiger partial charge on any atom is -0.481 e.